The largest absolute Gasteiger partial charge is 0.495 e. The van der Waals surface area contributed by atoms with Crippen LogP contribution < -0.4 is 15.4 Å². The Morgan fingerprint density at radius 2 is 2.00 bits per heavy atom. The summed E-state index contributed by atoms with van der Waals surface area (Å²) in [6.07, 6.45) is 4.80. The Hall–Kier alpha value is -4.11. The zero-order valence-electron chi connectivity index (χ0n) is 19.2. The average molecular weight is 459 g/mol. The number of carbonyl (C=O) groups is 1. The van der Waals surface area contributed by atoms with Crippen molar-refractivity contribution in [2.45, 2.75) is 19.4 Å². The van der Waals surface area contributed by atoms with Crippen molar-refractivity contribution in [2.75, 3.05) is 26.0 Å². The number of pyridine rings is 2. The Labute approximate surface area is 197 Å². The number of hydrogen-bond donors (Lipinski definition) is 3. The summed E-state index contributed by atoms with van der Waals surface area (Å²) in [6.45, 7) is 2.50. The number of aromatic nitrogens is 4. The summed E-state index contributed by atoms with van der Waals surface area (Å²) in [6, 6.07) is 11.2. The van der Waals surface area contributed by atoms with E-state index in [0.29, 0.717) is 35.1 Å². The van der Waals surface area contributed by atoms with Gasteiger partial charge in [-0.2, -0.15) is 0 Å². The van der Waals surface area contributed by atoms with Crippen LogP contribution in [-0.2, 0) is 6.61 Å². The number of fused-ring (bicyclic) bond motifs is 1. The van der Waals surface area contributed by atoms with Gasteiger partial charge in [0.1, 0.15) is 23.6 Å². The molecule has 1 amide bonds. The summed E-state index contributed by atoms with van der Waals surface area (Å²) >= 11 is 0. The molecule has 9 nitrogen and oxygen atoms in total. The first-order chi connectivity index (χ1) is 16.5. The molecule has 4 rings (SSSR count). The topological polar surface area (TPSA) is 122 Å². The molecule has 0 saturated carbocycles. The van der Waals surface area contributed by atoms with Gasteiger partial charge in [0, 0.05) is 48.9 Å². The smallest absolute Gasteiger partial charge is 0.251 e. The van der Waals surface area contributed by atoms with Crippen LogP contribution in [0.15, 0.2) is 55.1 Å². The molecule has 34 heavy (non-hydrogen) atoms. The maximum absolute atomic E-state index is 12.3. The van der Waals surface area contributed by atoms with Crippen LogP contribution in [0.1, 0.15) is 34.5 Å². The van der Waals surface area contributed by atoms with Crippen molar-refractivity contribution in [3.05, 3.63) is 71.9 Å². The van der Waals surface area contributed by atoms with Gasteiger partial charge >= 0.3 is 0 Å². The van der Waals surface area contributed by atoms with Gasteiger partial charge in [-0.15, -0.1) is 0 Å². The summed E-state index contributed by atoms with van der Waals surface area (Å²) in [4.78, 5) is 29.7. The van der Waals surface area contributed by atoms with Crippen molar-refractivity contribution in [1.29, 1.82) is 0 Å². The van der Waals surface area contributed by atoms with Gasteiger partial charge in [0.25, 0.3) is 5.91 Å². The Balaban J connectivity index is 1.55. The van der Waals surface area contributed by atoms with E-state index < -0.39 is 0 Å². The molecule has 3 aromatic heterocycles. The molecule has 4 aromatic rings. The Bertz CT molecular complexity index is 1330. The van der Waals surface area contributed by atoms with Crippen molar-refractivity contribution in [1.82, 2.24) is 25.3 Å². The molecule has 174 valence electrons. The fourth-order valence-corrected chi connectivity index (χ4v) is 3.82. The van der Waals surface area contributed by atoms with E-state index >= 15 is 0 Å². The van der Waals surface area contributed by atoms with Gasteiger partial charge < -0.3 is 20.5 Å². The number of amides is 1. The first kappa shape index (κ1) is 23.1. The van der Waals surface area contributed by atoms with Crippen LogP contribution in [0.3, 0.4) is 0 Å². The van der Waals surface area contributed by atoms with E-state index in [-0.39, 0.29) is 18.4 Å². The van der Waals surface area contributed by atoms with E-state index in [2.05, 4.69) is 37.5 Å². The van der Waals surface area contributed by atoms with Gasteiger partial charge in [-0.3, -0.25) is 14.8 Å². The molecule has 0 aliphatic carbocycles. The lowest BCUT2D eigenvalue weighted by Gasteiger charge is -2.16. The van der Waals surface area contributed by atoms with Gasteiger partial charge in [0.15, 0.2) is 0 Å². The molecule has 0 radical (unpaired) electrons. The predicted octanol–water partition coefficient (Wildman–Crippen LogP) is 3.16. The maximum atomic E-state index is 12.3. The Morgan fingerprint density at radius 3 is 2.76 bits per heavy atom. The summed E-state index contributed by atoms with van der Waals surface area (Å²) in [5.74, 6) is 1.13. The number of anilines is 1. The maximum Gasteiger partial charge on any atom is 0.251 e. The number of hydrogen-bond acceptors (Lipinski definition) is 8. The Morgan fingerprint density at radius 1 is 1.15 bits per heavy atom. The molecular weight excluding hydrogens is 432 g/mol. The SMILES string of the molecule is CNC(=O)c1ccnc2c(C(C)CNc3cc(-c4cnc(CO)c(OC)c4)ncn3)cccc12. The van der Waals surface area contributed by atoms with Crippen LogP contribution >= 0.6 is 0 Å². The highest BCUT2D eigenvalue weighted by Crippen LogP contribution is 2.28. The minimum atomic E-state index is -0.203. The number of nitrogens with one attached hydrogen (secondary N) is 2. The molecule has 0 aliphatic heterocycles. The zero-order valence-corrected chi connectivity index (χ0v) is 19.2. The highest BCUT2D eigenvalue weighted by molar-refractivity contribution is 6.06. The molecule has 0 spiro atoms. The van der Waals surface area contributed by atoms with Crippen LogP contribution in [0.5, 0.6) is 5.75 Å². The average Bonchev–Trinajstić information content (AvgIpc) is 2.90. The fourth-order valence-electron chi connectivity index (χ4n) is 3.82. The third-order valence-electron chi connectivity index (χ3n) is 5.66. The lowest BCUT2D eigenvalue weighted by atomic mass is 9.96. The van der Waals surface area contributed by atoms with Gasteiger partial charge in [-0.1, -0.05) is 25.1 Å². The Kier molecular flexibility index (Phi) is 6.93. The van der Waals surface area contributed by atoms with Crippen LogP contribution in [0.4, 0.5) is 5.82 Å². The van der Waals surface area contributed by atoms with Crippen molar-refractivity contribution >= 4 is 22.6 Å². The number of aliphatic hydroxyl groups is 1. The second-order valence-corrected chi connectivity index (χ2v) is 7.78. The third-order valence-corrected chi connectivity index (χ3v) is 5.66. The minimum absolute atomic E-state index is 0.0974. The lowest BCUT2D eigenvalue weighted by molar-refractivity contribution is 0.0964. The molecule has 1 atom stereocenters. The van der Waals surface area contributed by atoms with E-state index in [9.17, 15) is 9.90 Å². The van der Waals surface area contributed by atoms with Gasteiger partial charge in [-0.25, -0.2) is 9.97 Å². The molecule has 0 saturated heterocycles. The van der Waals surface area contributed by atoms with Crippen molar-refractivity contribution in [2.24, 2.45) is 0 Å². The normalized spacial score (nSPS) is 11.8. The standard InChI is InChI=1S/C25H26N6O3/c1-15(17-5-4-6-18-19(25(33)26-2)7-8-27-24(17)18)11-29-23-10-20(30-14-31-23)16-9-22(34-3)21(13-32)28-12-16/h4-10,12,14-15,32H,11,13H2,1-3H3,(H,26,33)(H,29,30,31). The van der Waals surface area contributed by atoms with Crippen molar-refractivity contribution < 1.29 is 14.6 Å². The van der Waals surface area contributed by atoms with Crippen LogP contribution in [-0.4, -0.2) is 51.7 Å². The summed E-state index contributed by atoms with van der Waals surface area (Å²) < 4.78 is 5.31. The number of para-hydroxylation sites is 1. The molecule has 1 unspecified atom stereocenters. The first-order valence-electron chi connectivity index (χ1n) is 10.9. The minimum Gasteiger partial charge on any atom is -0.495 e. The zero-order chi connectivity index (χ0) is 24.1. The van der Waals surface area contributed by atoms with Crippen LogP contribution in [0.2, 0.25) is 0 Å². The number of aliphatic hydroxyl groups excluding tert-OH is 1. The molecule has 0 fully saturated rings. The van der Waals surface area contributed by atoms with Crippen LogP contribution in [0.25, 0.3) is 22.2 Å². The fraction of sp³-hybridized carbons (Fsp3) is 0.240. The molecule has 1 aromatic carbocycles. The summed E-state index contributed by atoms with van der Waals surface area (Å²) in [7, 11) is 3.15. The number of methoxy groups -OCH3 is 1. The van der Waals surface area contributed by atoms with E-state index in [1.54, 1.807) is 31.6 Å². The quantitative estimate of drug-likeness (QED) is 0.368. The van der Waals surface area contributed by atoms with Crippen molar-refractivity contribution in [3.63, 3.8) is 0 Å². The monoisotopic (exact) mass is 458 g/mol. The van der Waals surface area contributed by atoms with E-state index in [4.69, 9.17) is 4.74 Å². The second kappa shape index (κ2) is 10.2. The number of ether oxygens (including phenoxy) is 1. The lowest BCUT2D eigenvalue weighted by Crippen LogP contribution is -2.18. The summed E-state index contributed by atoms with van der Waals surface area (Å²) in [5.41, 5.74) is 4.36. The van der Waals surface area contributed by atoms with Crippen LogP contribution in [0, 0.1) is 0 Å². The number of carbonyl (C=O) groups excluding carboxylic acids is 1. The van der Waals surface area contributed by atoms with Gasteiger partial charge in [-0.05, 0) is 17.7 Å². The molecule has 3 heterocycles. The van der Waals surface area contributed by atoms with Gasteiger partial charge in [0.05, 0.1) is 30.5 Å². The van der Waals surface area contributed by atoms with E-state index in [1.165, 1.54) is 13.4 Å². The molecule has 0 aliphatic rings. The molecule has 9 heteroatoms. The number of nitrogens with zero attached hydrogens (tertiary/aromatic N) is 4. The van der Waals surface area contributed by atoms with E-state index in [1.807, 2.05) is 24.3 Å². The second-order valence-electron chi connectivity index (χ2n) is 7.78. The van der Waals surface area contributed by atoms with Crippen molar-refractivity contribution in [3.8, 4) is 17.0 Å². The predicted molar refractivity (Wildman–Crippen MR) is 130 cm³/mol. The molecule has 0 bridgehead atoms. The van der Waals surface area contributed by atoms with E-state index in [0.717, 1.165) is 22.0 Å². The first-order valence-corrected chi connectivity index (χ1v) is 10.9. The number of benzene rings is 1. The molecule has 3 N–H and O–H groups in total. The number of rotatable bonds is 8. The van der Waals surface area contributed by atoms with Gasteiger partial charge in [0.2, 0.25) is 0 Å². The molecular formula is C25H26N6O3. The summed E-state index contributed by atoms with van der Waals surface area (Å²) in [5, 5.41) is 16.3. The highest BCUT2D eigenvalue weighted by atomic mass is 16.5. The third kappa shape index (κ3) is 4.65. The highest BCUT2D eigenvalue weighted by Gasteiger charge is 2.15.